The van der Waals surface area contributed by atoms with Gasteiger partial charge < -0.3 is 20.7 Å². The summed E-state index contributed by atoms with van der Waals surface area (Å²) >= 11 is 6.18. The molecule has 1 amide bonds. The Hall–Kier alpha value is -2.34. The highest BCUT2D eigenvalue weighted by Crippen LogP contribution is 2.34. The van der Waals surface area contributed by atoms with Crippen LogP contribution in [0.4, 0.5) is 0 Å². The molecule has 0 spiro atoms. The lowest BCUT2D eigenvalue weighted by Gasteiger charge is -2.21. The summed E-state index contributed by atoms with van der Waals surface area (Å²) in [6.45, 7) is 1.46. The molecule has 26 heavy (non-hydrogen) atoms. The molecule has 1 saturated heterocycles. The van der Waals surface area contributed by atoms with Gasteiger partial charge in [-0.15, -0.1) is 0 Å². The lowest BCUT2D eigenvalue weighted by Crippen LogP contribution is -2.44. The predicted molar refractivity (Wildman–Crippen MR) is 104 cm³/mol. The molecule has 4 N–H and O–H groups in total. The molecule has 6 heteroatoms. The maximum atomic E-state index is 12.9. The number of halogens is 1. The Morgan fingerprint density at radius 1 is 1.23 bits per heavy atom. The highest BCUT2D eigenvalue weighted by Gasteiger charge is 2.32. The molecule has 1 aliphatic heterocycles. The van der Waals surface area contributed by atoms with E-state index in [1.54, 1.807) is 6.07 Å². The largest absolute Gasteiger partial charge is 0.387 e. The van der Waals surface area contributed by atoms with Gasteiger partial charge in [0.1, 0.15) is 5.69 Å². The van der Waals surface area contributed by atoms with Crippen LogP contribution in [-0.4, -0.2) is 41.2 Å². The van der Waals surface area contributed by atoms with Crippen LogP contribution in [0.15, 0.2) is 48.5 Å². The van der Waals surface area contributed by atoms with Crippen molar-refractivity contribution in [2.75, 3.05) is 19.6 Å². The van der Waals surface area contributed by atoms with Crippen LogP contribution in [0.5, 0.6) is 0 Å². The van der Waals surface area contributed by atoms with Gasteiger partial charge in [0.25, 0.3) is 5.91 Å². The van der Waals surface area contributed by atoms with E-state index in [1.165, 1.54) is 0 Å². The Kier molecular flexibility index (Phi) is 4.44. The van der Waals surface area contributed by atoms with Crippen molar-refractivity contribution < 1.29 is 9.90 Å². The molecule has 134 valence electrons. The van der Waals surface area contributed by atoms with Crippen molar-refractivity contribution in [1.29, 1.82) is 0 Å². The van der Waals surface area contributed by atoms with Gasteiger partial charge >= 0.3 is 0 Å². The molecule has 1 aromatic heterocycles. The third-order valence-electron chi connectivity index (χ3n) is 4.85. The van der Waals surface area contributed by atoms with E-state index in [0.717, 1.165) is 28.6 Å². The Morgan fingerprint density at radius 2 is 2.04 bits per heavy atom. The normalized spacial score (nSPS) is 19.8. The summed E-state index contributed by atoms with van der Waals surface area (Å²) in [5.74, 6) is -0.239. The van der Waals surface area contributed by atoms with Crippen molar-refractivity contribution in [3.05, 3.63) is 59.2 Å². The zero-order chi connectivity index (χ0) is 18.1. The number of H-pyrrole nitrogens is 1. The van der Waals surface area contributed by atoms with E-state index in [9.17, 15) is 9.90 Å². The van der Waals surface area contributed by atoms with Gasteiger partial charge in [-0.2, -0.15) is 0 Å². The summed E-state index contributed by atoms with van der Waals surface area (Å²) in [6, 6.07) is 15.3. The molecule has 0 saturated carbocycles. The van der Waals surface area contributed by atoms with E-state index in [-0.39, 0.29) is 12.5 Å². The number of carbonyl (C=O) groups is 1. The number of fused-ring (bicyclic) bond motifs is 1. The van der Waals surface area contributed by atoms with Gasteiger partial charge in [-0.05, 0) is 36.7 Å². The molecule has 2 heterocycles. The summed E-state index contributed by atoms with van der Waals surface area (Å²) in [6.07, 6.45) is 0.626. The Bertz CT molecular complexity index is 946. The number of aliphatic hydroxyl groups is 1. The summed E-state index contributed by atoms with van der Waals surface area (Å²) < 4.78 is 0. The minimum atomic E-state index is -0.891. The first-order chi connectivity index (χ1) is 12.6. The minimum Gasteiger partial charge on any atom is -0.387 e. The maximum Gasteiger partial charge on any atom is 0.268 e. The monoisotopic (exact) mass is 369 g/mol. The van der Waals surface area contributed by atoms with E-state index >= 15 is 0 Å². The molecule has 2 aromatic carbocycles. The number of rotatable bonds is 4. The molecule has 1 fully saturated rings. The van der Waals surface area contributed by atoms with Crippen LogP contribution in [0.2, 0.25) is 5.02 Å². The smallest absolute Gasteiger partial charge is 0.268 e. The zero-order valence-electron chi connectivity index (χ0n) is 14.2. The lowest BCUT2D eigenvalue weighted by molar-refractivity contribution is 0.0561. The van der Waals surface area contributed by atoms with Crippen LogP contribution in [0.3, 0.4) is 0 Å². The first-order valence-corrected chi connectivity index (χ1v) is 9.01. The quantitative estimate of drug-likeness (QED) is 0.571. The molecular weight excluding hydrogens is 350 g/mol. The topological polar surface area (TPSA) is 77.2 Å². The van der Waals surface area contributed by atoms with Crippen LogP contribution < -0.4 is 10.6 Å². The average Bonchev–Trinajstić information content (AvgIpc) is 3.24. The highest BCUT2D eigenvalue weighted by molar-refractivity contribution is 6.31. The van der Waals surface area contributed by atoms with Crippen molar-refractivity contribution in [2.45, 2.75) is 12.0 Å². The summed E-state index contributed by atoms with van der Waals surface area (Å²) in [7, 11) is 0. The Morgan fingerprint density at radius 3 is 2.77 bits per heavy atom. The zero-order valence-corrected chi connectivity index (χ0v) is 14.9. The van der Waals surface area contributed by atoms with Crippen molar-refractivity contribution in [3.63, 3.8) is 0 Å². The number of amides is 1. The SMILES string of the molecule is O=C(NC[C@@]1(O)CCNC1)c1[nH]c2ccc(Cl)cc2c1-c1ccccc1. The number of carbonyl (C=O) groups excluding carboxylic acids is 1. The van der Waals surface area contributed by atoms with Gasteiger partial charge in [-0.1, -0.05) is 41.9 Å². The van der Waals surface area contributed by atoms with E-state index in [0.29, 0.717) is 23.7 Å². The fourth-order valence-electron chi connectivity index (χ4n) is 3.45. The number of nitrogens with one attached hydrogen (secondary N) is 3. The van der Waals surface area contributed by atoms with E-state index in [4.69, 9.17) is 11.6 Å². The van der Waals surface area contributed by atoms with Crippen LogP contribution in [-0.2, 0) is 0 Å². The van der Waals surface area contributed by atoms with Crippen molar-refractivity contribution in [1.82, 2.24) is 15.6 Å². The summed E-state index contributed by atoms with van der Waals surface area (Å²) in [4.78, 5) is 16.1. The van der Waals surface area contributed by atoms with Crippen molar-refractivity contribution in [2.24, 2.45) is 0 Å². The molecule has 4 rings (SSSR count). The predicted octanol–water partition coefficient (Wildman–Crippen LogP) is 2.94. The number of aromatic nitrogens is 1. The maximum absolute atomic E-state index is 12.9. The number of hydrogen-bond acceptors (Lipinski definition) is 3. The van der Waals surface area contributed by atoms with Gasteiger partial charge in [0.05, 0.1) is 5.60 Å². The molecule has 1 atom stereocenters. The fourth-order valence-corrected chi connectivity index (χ4v) is 3.63. The van der Waals surface area contributed by atoms with Crippen molar-refractivity contribution >= 4 is 28.4 Å². The first kappa shape index (κ1) is 17.1. The highest BCUT2D eigenvalue weighted by atomic mass is 35.5. The van der Waals surface area contributed by atoms with E-state index in [1.807, 2.05) is 42.5 Å². The molecule has 0 radical (unpaired) electrons. The van der Waals surface area contributed by atoms with Gasteiger partial charge in [0.2, 0.25) is 0 Å². The second-order valence-corrected chi connectivity index (χ2v) is 7.20. The second kappa shape index (κ2) is 6.76. The molecule has 1 aliphatic rings. The van der Waals surface area contributed by atoms with Gasteiger partial charge in [-0.25, -0.2) is 0 Å². The lowest BCUT2D eigenvalue weighted by atomic mass is 10.0. The van der Waals surface area contributed by atoms with Crippen LogP contribution in [0.25, 0.3) is 22.0 Å². The van der Waals surface area contributed by atoms with Crippen LogP contribution in [0.1, 0.15) is 16.9 Å². The van der Waals surface area contributed by atoms with Crippen LogP contribution in [0, 0.1) is 0 Å². The minimum absolute atomic E-state index is 0.211. The molecule has 3 aromatic rings. The standard InChI is InChI=1S/C20H20ClN3O2/c21-14-6-7-16-15(10-14)17(13-4-2-1-3-5-13)18(24-16)19(25)23-12-20(26)8-9-22-11-20/h1-7,10,22,24,26H,8-9,11-12H2,(H,23,25)/t20-/m1/s1. The number of hydrogen-bond donors (Lipinski definition) is 4. The van der Waals surface area contributed by atoms with Gasteiger partial charge in [0.15, 0.2) is 0 Å². The summed E-state index contributed by atoms with van der Waals surface area (Å²) in [5.41, 5.74) is 2.19. The van der Waals surface area contributed by atoms with Crippen LogP contribution >= 0.6 is 11.6 Å². The number of β-amino-alcohol motifs (C(OH)–C–C–N with tert-alkyl or cyclic N) is 1. The molecule has 0 bridgehead atoms. The summed E-state index contributed by atoms with van der Waals surface area (Å²) in [5, 5.41) is 18.0. The van der Waals surface area contributed by atoms with Gasteiger partial charge in [-0.3, -0.25) is 4.79 Å². The van der Waals surface area contributed by atoms with E-state index < -0.39 is 5.60 Å². The van der Waals surface area contributed by atoms with Gasteiger partial charge in [0, 0.05) is 34.6 Å². The third-order valence-corrected chi connectivity index (χ3v) is 5.08. The van der Waals surface area contributed by atoms with Crippen molar-refractivity contribution in [3.8, 4) is 11.1 Å². The fraction of sp³-hybridized carbons (Fsp3) is 0.250. The number of benzene rings is 2. The first-order valence-electron chi connectivity index (χ1n) is 8.64. The molecular formula is C20H20ClN3O2. The average molecular weight is 370 g/mol. The van der Waals surface area contributed by atoms with E-state index in [2.05, 4.69) is 15.6 Å². The Balaban J connectivity index is 1.73. The second-order valence-electron chi connectivity index (χ2n) is 6.76. The molecule has 5 nitrogen and oxygen atoms in total. The molecule has 0 unspecified atom stereocenters. The third kappa shape index (κ3) is 3.21. The Labute approximate surface area is 156 Å². The number of aromatic amines is 1. The molecule has 0 aliphatic carbocycles.